The number of nitrogens with zero attached hydrogens (tertiary/aromatic N) is 1. The number of fused-ring (bicyclic) bond motifs is 1. The summed E-state index contributed by atoms with van der Waals surface area (Å²) < 4.78 is 9.93. The van der Waals surface area contributed by atoms with Crippen molar-refractivity contribution in [1.29, 1.82) is 0 Å². The Morgan fingerprint density at radius 1 is 1.60 bits per heavy atom. The summed E-state index contributed by atoms with van der Waals surface area (Å²) in [6.45, 7) is 4.56. The summed E-state index contributed by atoms with van der Waals surface area (Å²) >= 11 is 0. The van der Waals surface area contributed by atoms with Gasteiger partial charge in [-0.15, -0.1) is 0 Å². The van der Waals surface area contributed by atoms with Crippen LogP contribution in [0.2, 0.25) is 0 Å². The molecule has 0 bridgehead atoms. The Hall–Kier alpha value is -1.26. The van der Waals surface area contributed by atoms with Gasteiger partial charge in [-0.05, 0) is 0 Å². The van der Waals surface area contributed by atoms with E-state index in [9.17, 15) is 9.59 Å². The van der Waals surface area contributed by atoms with Crippen molar-refractivity contribution in [2.24, 2.45) is 5.41 Å². The maximum atomic E-state index is 11.5. The molecule has 0 unspecified atom stereocenters. The molecule has 15 heavy (non-hydrogen) atoms. The van der Waals surface area contributed by atoms with E-state index in [1.165, 1.54) is 7.11 Å². The zero-order chi connectivity index (χ0) is 11.2. The molecule has 5 nitrogen and oxygen atoms in total. The third-order valence-corrected chi connectivity index (χ3v) is 3.14. The van der Waals surface area contributed by atoms with Crippen molar-refractivity contribution in [2.45, 2.75) is 32.4 Å². The molecule has 5 heteroatoms. The van der Waals surface area contributed by atoms with Crippen molar-refractivity contribution in [3.63, 3.8) is 0 Å². The standard InChI is InChI=1S/C10H15NO4/c1-10(2)5-11(9(13)14-3)6-4-7(12)15-8(6)10/h6,8H,4-5H2,1-3H3/t6-,8+/m1/s1. The average Bonchev–Trinajstić information content (AvgIpc) is 2.64. The maximum Gasteiger partial charge on any atom is 0.409 e. The summed E-state index contributed by atoms with van der Waals surface area (Å²) in [6, 6.07) is -0.153. The normalized spacial score (nSPS) is 32.5. The van der Waals surface area contributed by atoms with E-state index in [0.29, 0.717) is 6.54 Å². The van der Waals surface area contributed by atoms with Crippen LogP contribution in [0.25, 0.3) is 0 Å². The highest BCUT2D eigenvalue weighted by molar-refractivity contribution is 5.76. The molecule has 2 aliphatic rings. The third-order valence-electron chi connectivity index (χ3n) is 3.14. The Morgan fingerprint density at radius 3 is 2.87 bits per heavy atom. The second-order valence-corrected chi connectivity index (χ2v) is 4.77. The first-order chi connectivity index (χ1) is 6.95. The van der Waals surface area contributed by atoms with Gasteiger partial charge >= 0.3 is 12.1 Å². The number of esters is 1. The number of carbonyl (C=O) groups excluding carboxylic acids is 2. The molecule has 0 aromatic rings. The van der Waals surface area contributed by atoms with Crippen LogP contribution in [0.3, 0.4) is 0 Å². The number of likely N-dealkylation sites (tertiary alicyclic amines) is 1. The van der Waals surface area contributed by atoms with Gasteiger partial charge in [-0.3, -0.25) is 4.79 Å². The van der Waals surface area contributed by atoms with Gasteiger partial charge in [0.05, 0.1) is 19.6 Å². The molecule has 0 radical (unpaired) electrons. The van der Waals surface area contributed by atoms with Gasteiger partial charge in [-0.25, -0.2) is 4.79 Å². The molecular weight excluding hydrogens is 198 g/mol. The van der Waals surface area contributed by atoms with Crippen LogP contribution in [0.1, 0.15) is 20.3 Å². The number of methoxy groups -OCH3 is 1. The zero-order valence-electron chi connectivity index (χ0n) is 9.15. The van der Waals surface area contributed by atoms with E-state index in [0.717, 1.165) is 0 Å². The van der Waals surface area contributed by atoms with E-state index in [1.54, 1.807) is 4.90 Å². The van der Waals surface area contributed by atoms with Gasteiger partial charge in [0.1, 0.15) is 6.10 Å². The van der Waals surface area contributed by atoms with Gasteiger partial charge in [-0.2, -0.15) is 0 Å². The van der Waals surface area contributed by atoms with Crippen LogP contribution in [0.15, 0.2) is 0 Å². The molecule has 2 heterocycles. The fourth-order valence-corrected chi connectivity index (χ4v) is 2.46. The monoisotopic (exact) mass is 213 g/mol. The lowest BCUT2D eigenvalue weighted by Crippen LogP contribution is -2.37. The summed E-state index contributed by atoms with van der Waals surface area (Å²) in [6.07, 6.45) is -0.290. The number of hydrogen-bond acceptors (Lipinski definition) is 4. The van der Waals surface area contributed by atoms with Crippen molar-refractivity contribution in [1.82, 2.24) is 4.90 Å². The van der Waals surface area contributed by atoms with Crippen LogP contribution in [-0.4, -0.2) is 42.8 Å². The smallest absolute Gasteiger partial charge is 0.409 e. The van der Waals surface area contributed by atoms with E-state index in [-0.39, 0.29) is 36.0 Å². The molecule has 2 atom stereocenters. The predicted molar refractivity (Wildman–Crippen MR) is 51.2 cm³/mol. The van der Waals surface area contributed by atoms with E-state index in [1.807, 2.05) is 13.8 Å². The molecule has 0 aliphatic carbocycles. The van der Waals surface area contributed by atoms with Gasteiger partial charge < -0.3 is 14.4 Å². The highest BCUT2D eigenvalue weighted by atomic mass is 16.6. The molecule has 2 saturated heterocycles. The Labute approximate surface area is 88.3 Å². The Bertz CT molecular complexity index is 313. The Morgan fingerprint density at radius 2 is 2.27 bits per heavy atom. The molecule has 2 aliphatic heterocycles. The highest BCUT2D eigenvalue weighted by Crippen LogP contribution is 2.41. The number of amides is 1. The molecular formula is C10H15NO4. The second kappa shape index (κ2) is 3.12. The van der Waals surface area contributed by atoms with Crippen molar-refractivity contribution >= 4 is 12.1 Å². The molecule has 0 N–H and O–H groups in total. The van der Waals surface area contributed by atoms with Crippen LogP contribution in [0.4, 0.5) is 4.79 Å². The van der Waals surface area contributed by atoms with Crippen LogP contribution >= 0.6 is 0 Å². The van der Waals surface area contributed by atoms with Gasteiger partial charge in [0.25, 0.3) is 0 Å². The minimum atomic E-state index is -0.381. The van der Waals surface area contributed by atoms with Gasteiger partial charge in [0, 0.05) is 12.0 Å². The Balaban J connectivity index is 2.24. The van der Waals surface area contributed by atoms with Crippen molar-refractivity contribution in [3.05, 3.63) is 0 Å². The summed E-state index contributed by atoms with van der Waals surface area (Å²) in [5.41, 5.74) is -0.189. The van der Waals surface area contributed by atoms with Crippen LogP contribution in [0.5, 0.6) is 0 Å². The van der Waals surface area contributed by atoms with Crippen molar-refractivity contribution < 1.29 is 19.1 Å². The lowest BCUT2D eigenvalue weighted by atomic mass is 9.88. The molecule has 0 aromatic heterocycles. The summed E-state index contributed by atoms with van der Waals surface area (Å²) in [5, 5.41) is 0. The first kappa shape index (κ1) is 10.3. The largest absolute Gasteiger partial charge is 0.459 e. The molecule has 0 saturated carbocycles. The zero-order valence-corrected chi connectivity index (χ0v) is 9.15. The average molecular weight is 213 g/mol. The van der Waals surface area contributed by atoms with E-state index in [2.05, 4.69) is 0 Å². The van der Waals surface area contributed by atoms with Crippen molar-refractivity contribution in [3.8, 4) is 0 Å². The molecule has 0 aromatic carbocycles. The molecule has 84 valence electrons. The van der Waals surface area contributed by atoms with E-state index in [4.69, 9.17) is 9.47 Å². The fraction of sp³-hybridized carbons (Fsp3) is 0.800. The number of hydrogen-bond donors (Lipinski definition) is 0. The second-order valence-electron chi connectivity index (χ2n) is 4.77. The van der Waals surface area contributed by atoms with E-state index >= 15 is 0 Å². The molecule has 2 fully saturated rings. The molecule has 2 rings (SSSR count). The number of ether oxygens (including phenoxy) is 2. The number of rotatable bonds is 0. The molecule has 1 amide bonds. The quantitative estimate of drug-likeness (QED) is 0.558. The summed E-state index contributed by atoms with van der Waals surface area (Å²) in [7, 11) is 1.35. The van der Waals surface area contributed by atoms with E-state index < -0.39 is 0 Å². The van der Waals surface area contributed by atoms with Crippen LogP contribution < -0.4 is 0 Å². The lowest BCUT2D eigenvalue weighted by Gasteiger charge is -2.22. The molecule has 0 spiro atoms. The number of carbonyl (C=O) groups is 2. The minimum absolute atomic E-state index is 0.153. The Kier molecular flexibility index (Phi) is 2.13. The van der Waals surface area contributed by atoms with Crippen molar-refractivity contribution in [2.75, 3.05) is 13.7 Å². The lowest BCUT2D eigenvalue weighted by molar-refractivity contribution is -0.144. The van der Waals surface area contributed by atoms with Crippen LogP contribution in [0, 0.1) is 5.41 Å². The first-order valence-electron chi connectivity index (χ1n) is 5.00. The van der Waals surface area contributed by atoms with Gasteiger partial charge in [-0.1, -0.05) is 13.8 Å². The predicted octanol–water partition coefficient (Wildman–Crippen LogP) is 0.779. The van der Waals surface area contributed by atoms with Crippen LogP contribution in [-0.2, 0) is 14.3 Å². The highest BCUT2D eigenvalue weighted by Gasteiger charge is 2.55. The third kappa shape index (κ3) is 1.46. The van der Waals surface area contributed by atoms with Gasteiger partial charge in [0.2, 0.25) is 0 Å². The first-order valence-corrected chi connectivity index (χ1v) is 5.00. The summed E-state index contributed by atoms with van der Waals surface area (Å²) in [4.78, 5) is 24.3. The fourth-order valence-electron chi connectivity index (χ4n) is 2.46. The topological polar surface area (TPSA) is 55.8 Å². The minimum Gasteiger partial charge on any atom is -0.459 e. The maximum absolute atomic E-state index is 11.5. The SMILES string of the molecule is COC(=O)N1CC(C)(C)[C@H]2OC(=O)C[C@H]21. The van der Waals surface area contributed by atoms with Gasteiger partial charge in [0.15, 0.2) is 0 Å². The summed E-state index contributed by atoms with van der Waals surface area (Å²) in [5.74, 6) is -0.230.